The van der Waals surface area contributed by atoms with Crippen molar-refractivity contribution in [3.8, 4) is 0 Å². The third-order valence-corrected chi connectivity index (χ3v) is 3.78. The van der Waals surface area contributed by atoms with E-state index in [0.29, 0.717) is 12.6 Å². The molecule has 0 spiro atoms. The summed E-state index contributed by atoms with van der Waals surface area (Å²) in [7, 11) is 0. The van der Waals surface area contributed by atoms with Gasteiger partial charge in [-0.1, -0.05) is 18.2 Å². The van der Waals surface area contributed by atoms with Crippen molar-refractivity contribution >= 4 is 16.8 Å². The Morgan fingerprint density at radius 1 is 1.36 bits per heavy atom. The summed E-state index contributed by atoms with van der Waals surface area (Å²) in [4.78, 5) is 19.5. The number of para-hydroxylation sites is 1. The molecule has 0 atom stereocenters. The lowest BCUT2D eigenvalue weighted by Crippen LogP contribution is -2.25. The molecule has 5 nitrogen and oxygen atoms in total. The number of nitrogens with zero attached hydrogens (tertiary/aromatic N) is 2. The van der Waals surface area contributed by atoms with Gasteiger partial charge in [0.1, 0.15) is 0 Å². The lowest BCUT2D eigenvalue weighted by atomic mass is 10.1. The Morgan fingerprint density at radius 3 is 2.91 bits per heavy atom. The number of hydrogen-bond donors (Lipinski definition) is 2. The maximum Gasteiger partial charge on any atom is 0.253 e. The summed E-state index contributed by atoms with van der Waals surface area (Å²) in [5, 5.41) is 3.98. The summed E-state index contributed by atoms with van der Waals surface area (Å²) in [6.07, 6.45) is 6.11. The van der Waals surface area contributed by atoms with Crippen LogP contribution < -0.4 is 5.32 Å². The molecule has 114 valence electrons. The first-order chi connectivity index (χ1) is 10.7. The quantitative estimate of drug-likeness (QED) is 0.760. The number of fused-ring (bicyclic) bond motifs is 1. The zero-order valence-corrected chi connectivity index (χ0v) is 12.8. The van der Waals surface area contributed by atoms with Gasteiger partial charge in [0.05, 0.1) is 11.9 Å². The van der Waals surface area contributed by atoms with E-state index >= 15 is 0 Å². The molecule has 0 fully saturated rings. The average Bonchev–Trinajstić information content (AvgIpc) is 3.14. The minimum absolute atomic E-state index is 0.0323. The van der Waals surface area contributed by atoms with E-state index in [9.17, 15) is 4.79 Å². The molecule has 3 rings (SSSR count). The Labute approximate surface area is 129 Å². The van der Waals surface area contributed by atoms with Gasteiger partial charge in [-0.25, -0.2) is 4.98 Å². The SMILES string of the molecule is CC(C)n1cc(C(=O)NCCc2cnc[nH]2)c2ccccc21. The van der Waals surface area contributed by atoms with E-state index < -0.39 is 0 Å². The van der Waals surface area contributed by atoms with Crippen LogP contribution in [0.3, 0.4) is 0 Å². The summed E-state index contributed by atoms with van der Waals surface area (Å²) in [5.74, 6) is -0.0323. The van der Waals surface area contributed by atoms with Gasteiger partial charge in [0.15, 0.2) is 0 Å². The monoisotopic (exact) mass is 296 g/mol. The van der Waals surface area contributed by atoms with E-state index in [0.717, 1.165) is 28.6 Å². The maximum atomic E-state index is 12.5. The van der Waals surface area contributed by atoms with E-state index in [1.54, 1.807) is 12.5 Å². The van der Waals surface area contributed by atoms with Crippen molar-refractivity contribution in [2.45, 2.75) is 26.3 Å². The van der Waals surface area contributed by atoms with Crippen LogP contribution in [0.5, 0.6) is 0 Å². The number of imidazole rings is 1. The summed E-state index contributed by atoms with van der Waals surface area (Å²) >= 11 is 0. The van der Waals surface area contributed by atoms with Gasteiger partial charge in [0, 0.05) is 48.0 Å². The molecule has 0 aliphatic carbocycles. The molecule has 0 saturated heterocycles. The highest BCUT2D eigenvalue weighted by atomic mass is 16.1. The second-order valence-corrected chi connectivity index (χ2v) is 5.64. The van der Waals surface area contributed by atoms with Crippen LogP contribution >= 0.6 is 0 Å². The van der Waals surface area contributed by atoms with Crippen LogP contribution in [0, 0.1) is 0 Å². The minimum atomic E-state index is -0.0323. The molecular weight excluding hydrogens is 276 g/mol. The van der Waals surface area contributed by atoms with Crippen molar-refractivity contribution in [2.75, 3.05) is 6.54 Å². The molecule has 0 saturated carbocycles. The third kappa shape index (κ3) is 2.74. The fraction of sp³-hybridized carbons (Fsp3) is 0.294. The number of carbonyl (C=O) groups is 1. The molecule has 0 unspecified atom stereocenters. The van der Waals surface area contributed by atoms with Gasteiger partial charge in [-0.3, -0.25) is 4.79 Å². The smallest absolute Gasteiger partial charge is 0.253 e. The first kappa shape index (κ1) is 14.4. The van der Waals surface area contributed by atoms with Crippen LogP contribution in [0.2, 0.25) is 0 Å². The lowest BCUT2D eigenvalue weighted by Gasteiger charge is -2.08. The first-order valence-electron chi connectivity index (χ1n) is 7.52. The number of carbonyl (C=O) groups excluding carboxylic acids is 1. The van der Waals surface area contributed by atoms with Crippen molar-refractivity contribution in [3.63, 3.8) is 0 Å². The number of amides is 1. The van der Waals surface area contributed by atoms with Crippen LogP contribution in [0.25, 0.3) is 10.9 Å². The van der Waals surface area contributed by atoms with Gasteiger partial charge in [-0.2, -0.15) is 0 Å². The molecule has 22 heavy (non-hydrogen) atoms. The number of nitrogens with one attached hydrogen (secondary N) is 2. The van der Waals surface area contributed by atoms with Crippen molar-refractivity contribution in [3.05, 3.63) is 54.2 Å². The highest BCUT2D eigenvalue weighted by molar-refractivity contribution is 6.07. The second-order valence-electron chi connectivity index (χ2n) is 5.64. The summed E-state index contributed by atoms with van der Waals surface area (Å²) in [6.45, 7) is 4.82. The normalized spacial score (nSPS) is 11.2. The Kier molecular flexibility index (Phi) is 3.96. The molecule has 2 N–H and O–H groups in total. The topological polar surface area (TPSA) is 62.7 Å². The summed E-state index contributed by atoms with van der Waals surface area (Å²) in [6, 6.07) is 8.33. The molecule has 2 aromatic heterocycles. The number of rotatable bonds is 5. The van der Waals surface area contributed by atoms with E-state index in [2.05, 4.69) is 39.8 Å². The average molecular weight is 296 g/mol. The van der Waals surface area contributed by atoms with E-state index in [1.165, 1.54) is 0 Å². The number of benzene rings is 1. The highest BCUT2D eigenvalue weighted by Gasteiger charge is 2.15. The van der Waals surface area contributed by atoms with Gasteiger partial charge in [-0.15, -0.1) is 0 Å². The molecule has 0 radical (unpaired) electrons. The van der Waals surface area contributed by atoms with Crippen molar-refractivity contribution < 1.29 is 4.79 Å². The Morgan fingerprint density at radius 2 is 2.18 bits per heavy atom. The molecule has 0 aliphatic heterocycles. The number of hydrogen-bond acceptors (Lipinski definition) is 2. The first-order valence-corrected chi connectivity index (χ1v) is 7.52. The fourth-order valence-electron chi connectivity index (χ4n) is 2.64. The maximum absolute atomic E-state index is 12.5. The van der Waals surface area contributed by atoms with Crippen LogP contribution in [-0.4, -0.2) is 27.0 Å². The molecule has 3 aromatic rings. The molecule has 0 bridgehead atoms. The van der Waals surface area contributed by atoms with Gasteiger partial charge in [0.2, 0.25) is 0 Å². The summed E-state index contributed by atoms with van der Waals surface area (Å²) < 4.78 is 2.14. The van der Waals surface area contributed by atoms with Gasteiger partial charge in [0.25, 0.3) is 5.91 Å². The summed E-state index contributed by atoms with van der Waals surface area (Å²) in [5.41, 5.74) is 2.84. The van der Waals surface area contributed by atoms with Crippen molar-refractivity contribution in [2.24, 2.45) is 0 Å². The predicted molar refractivity (Wildman–Crippen MR) is 86.9 cm³/mol. The minimum Gasteiger partial charge on any atom is -0.352 e. The number of aromatic nitrogens is 3. The number of H-pyrrole nitrogens is 1. The molecular formula is C17H20N4O. The predicted octanol–water partition coefficient (Wildman–Crippen LogP) is 2.92. The largest absolute Gasteiger partial charge is 0.352 e. The van der Waals surface area contributed by atoms with Crippen LogP contribution in [0.1, 0.15) is 35.9 Å². The van der Waals surface area contributed by atoms with Gasteiger partial charge in [-0.05, 0) is 19.9 Å². The van der Waals surface area contributed by atoms with E-state index in [1.807, 2.05) is 24.4 Å². The molecule has 1 aromatic carbocycles. The van der Waals surface area contributed by atoms with E-state index in [4.69, 9.17) is 0 Å². The van der Waals surface area contributed by atoms with Crippen LogP contribution in [0.15, 0.2) is 43.0 Å². The third-order valence-electron chi connectivity index (χ3n) is 3.78. The van der Waals surface area contributed by atoms with Gasteiger partial charge < -0.3 is 14.9 Å². The number of aromatic amines is 1. The van der Waals surface area contributed by atoms with Crippen molar-refractivity contribution in [1.82, 2.24) is 19.9 Å². The Hall–Kier alpha value is -2.56. The highest BCUT2D eigenvalue weighted by Crippen LogP contribution is 2.24. The van der Waals surface area contributed by atoms with Crippen LogP contribution in [0.4, 0.5) is 0 Å². The Bertz CT molecular complexity index is 771. The standard InChI is InChI=1S/C17H20N4O/c1-12(2)21-10-15(14-5-3-4-6-16(14)21)17(22)19-8-7-13-9-18-11-20-13/h3-6,9-12H,7-8H2,1-2H3,(H,18,20)(H,19,22). The molecule has 1 amide bonds. The lowest BCUT2D eigenvalue weighted by molar-refractivity contribution is 0.0955. The van der Waals surface area contributed by atoms with Crippen molar-refractivity contribution in [1.29, 1.82) is 0 Å². The van der Waals surface area contributed by atoms with Crippen LogP contribution in [-0.2, 0) is 6.42 Å². The molecule has 2 heterocycles. The molecule has 0 aliphatic rings. The molecule has 5 heteroatoms. The van der Waals surface area contributed by atoms with Gasteiger partial charge >= 0.3 is 0 Å². The zero-order valence-electron chi connectivity index (χ0n) is 12.8. The Balaban J connectivity index is 1.78. The fourth-order valence-corrected chi connectivity index (χ4v) is 2.64. The second kappa shape index (κ2) is 6.05. The zero-order chi connectivity index (χ0) is 15.5. The van der Waals surface area contributed by atoms with E-state index in [-0.39, 0.29) is 5.91 Å².